The van der Waals surface area contributed by atoms with Gasteiger partial charge in [0.05, 0.1) is 23.8 Å². The molecule has 0 amide bonds. The normalized spacial score (nSPS) is 18.3. The van der Waals surface area contributed by atoms with Gasteiger partial charge in [-0.2, -0.15) is 13.2 Å². The molecule has 0 unspecified atom stereocenters. The van der Waals surface area contributed by atoms with Crippen molar-refractivity contribution in [2.75, 3.05) is 13.2 Å². The molecule has 3 atom stereocenters. The largest absolute Gasteiger partial charge is 0.509 e. The molecule has 3 aromatic rings. The van der Waals surface area contributed by atoms with E-state index in [0.717, 1.165) is 21.6 Å². The number of hydrogen-bond donors (Lipinski definition) is 1. The number of hydrogen-bond acceptors (Lipinski definition) is 7. The van der Waals surface area contributed by atoms with Crippen molar-refractivity contribution in [2.24, 2.45) is 0 Å². The van der Waals surface area contributed by atoms with Crippen LogP contribution in [0.4, 0.5) is 31.5 Å². The molecule has 0 saturated heterocycles. The summed E-state index contributed by atoms with van der Waals surface area (Å²) in [5.74, 6) is -2.46. The van der Waals surface area contributed by atoms with Crippen molar-refractivity contribution in [1.82, 2.24) is 9.47 Å². The molecule has 0 fully saturated rings. The van der Waals surface area contributed by atoms with E-state index in [0.29, 0.717) is 16.5 Å². The topological polar surface area (TPSA) is 90.2 Å². The SMILES string of the molecule is C[C@@H]1Cc2c(n(C(=O)OC(C)(C)C)c3ccccc23)[C@@H](c2c(F)cc([C@H](CCO)OC(=O)OC(C)(C)C)cc2F)N1CC(F)(F)F. The van der Waals surface area contributed by atoms with E-state index >= 15 is 8.78 Å². The van der Waals surface area contributed by atoms with Gasteiger partial charge in [-0.25, -0.2) is 22.9 Å². The number of carbonyl (C=O) groups is 2. The van der Waals surface area contributed by atoms with E-state index in [9.17, 15) is 27.9 Å². The van der Waals surface area contributed by atoms with Crippen molar-refractivity contribution in [3.8, 4) is 0 Å². The standard InChI is InChI=1S/C33H39F5N2O6/c1-18-14-21-20-10-8-9-11-24(20)40(29(42)45-31(2,3)4)27(21)28(39(18)17-33(36,37)38)26-22(34)15-19(16-23(26)35)25(12-13-41)44-30(43)46-32(5,6)7/h8-11,15-16,18,25,28,41H,12-14,17H2,1-7H3/t18-,25+,28-/m1/s1. The van der Waals surface area contributed by atoms with Crippen LogP contribution in [0.3, 0.4) is 0 Å². The van der Waals surface area contributed by atoms with E-state index in [4.69, 9.17) is 14.2 Å². The zero-order chi connectivity index (χ0) is 34.4. The molecule has 4 rings (SSSR count). The van der Waals surface area contributed by atoms with Gasteiger partial charge >= 0.3 is 18.4 Å². The highest BCUT2D eigenvalue weighted by molar-refractivity contribution is 5.94. The predicted octanol–water partition coefficient (Wildman–Crippen LogP) is 7.98. The lowest BCUT2D eigenvalue weighted by atomic mass is 9.87. The lowest BCUT2D eigenvalue weighted by molar-refractivity contribution is -0.155. The van der Waals surface area contributed by atoms with Crippen LogP contribution in [0.15, 0.2) is 36.4 Å². The van der Waals surface area contributed by atoms with Gasteiger partial charge in [0, 0.05) is 30.0 Å². The molecule has 13 heteroatoms. The number of fused-ring (bicyclic) bond motifs is 3. The lowest BCUT2D eigenvalue weighted by Crippen LogP contribution is -2.48. The fourth-order valence-electron chi connectivity index (χ4n) is 5.77. The van der Waals surface area contributed by atoms with Crippen LogP contribution >= 0.6 is 0 Å². The smallest absolute Gasteiger partial charge is 0.443 e. The number of halogens is 5. The number of alkyl halides is 3. The van der Waals surface area contributed by atoms with Crippen LogP contribution in [-0.4, -0.2) is 63.4 Å². The molecular formula is C33H39F5N2O6. The maximum absolute atomic E-state index is 16.3. The molecule has 1 N–H and O–H groups in total. The number of para-hydroxylation sites is 1. The Bertz CT molecular complexity index is 1580. The number of carbonyl (C=O) groups excluding carboxylic acids is 2. The molecule has 46 heavy (non-hydrogen) atoms. The Morgan fingerprint density at radius 3 is 2.11 bits per heavy atom. The molecule has 1 aromatic heterocycles. The maximum Gasteiger partial charge on any atom is 0.509 e. The van der Waals surface area contributed by atoms with Crippen molar-refractivity contribution in [3.05, 3.63) is 70.4 Å². The number of aliphatic hydroxyl groups excluding tert-OH is 1. The Kier molecular flexibility index (Phi) is 9.80. The third kappa shape index (κ3) is 7.80. The summed E-state index contributed by atoms with van der Waals surface area (Å²) < 4.78 is 91.8. The minimum Gasteiger partial charge on any atom is -0.443 e. The lowest BCUT2D eigenvalue weighted by Gasteiger charge is -2.42. The Balaban J connectivity index is 1.95. The summed E-state index contributed by atoms with van der Waals surface area (Å²) >= 11 is 0. The van der Waals surface area contributed by atoms with Crippen LogP contribution < -0.4 is 0 Å². The van der Waals surface area contributed by atoms with Crippen LogP contribution in [0.5, 0.6) is 0 Å². The number of aromatic nitrogens is 1. The van der Waals surface area contributed by atoms with Crippen LogP contribution in [0.2, 0.25) is 0 Å². The molecule has 2 heterocycles. The average molecular weight is 655 g/mol. The molecule has 1 aliphatic rings. The molecule has 0 spiro atoms. The minimum absolute atomic E-state index is 0.0414. The van der Waals surface area contributed by atoms with Crippen LogP contribution in [-0.2, 0) is 20.6 Å². The van der Waals surface area contributed by atoms with Crippen LogP contribution in [0.25, 0.3) is 10.9 Å². The van der Waals surface area contributed by atoms with Gasteiger partial charge in [0.25, 0.3) is 0 Å². The first-order chi connectivity index (χ1) is 21.2. The molecule has 252 valence electrons. The van der Waals surface area contributed by atoms with E-state index in [-0.39, 0.29) is 24.1 Å². The van der Waals surface area contributed by atoms with Gasteiger partial charge in [-0.05, 0) is 84.2 Å². The van der Waals surface area contributed by atoms with Crippen LogP contribution in [0.1, 0.15) is 89.4 Å². The van der Waals surface area contributed by atoms with Crippen molar-refractivity contribution in [3.63, 3.8) is 0 Å². The first-order valence-electron chi connectivity index (χ1n) is 14.9. The summed E-state index contributed by atoms with van der Waals surface area (Å²) in [6.45, 7) is 9.12. The molecule has 0 aliphatic carbocycles. The molecule has 2 aromatic carbocycles. The molecule has 8 nitrogen and oxygen atoms in total. The van der Waals surface area contributed by atoms with E-state index in [2.05, 4.69) is 0 Å². The summed E-state index contributed by atoms with van der Waals surface area (Å²) in [5.41, 5.74) is -2.10. The van der Waals surface area contributed by atoms with Crippen LogP contribution in [0, 0.1) is 11.6 Å². The summed E-state index contributed by atoms with van der Waals surface area (Å²) in [6, 6.07) is 5.78. The van der Waals surface area contributed by atoms with E-state index in [1.807, 2.05) is 0 Å². The van der Waals surface area contributed by atoms with Crippen molar-refractivity contribution < 1.29 is 50.9 Å². The highest BCUT2D eigenvalue weighted by Gasteiger charge is 2.46. The van der Waals surface area contributed by atoms with E-state index in [1.54, 1.807) is 65.8 Å². The summed E-state index contributed by atoms with van der Waals surface area (Å²) in [7, 11) is 0. The highest BCUT2D eigenvalue weighted by atomic mass is 19.4. The molecule has 0 radical (unpaired) electrons. The van der Waals surface area contributed by atoms with Gasteiger partial charge in [-0.15, -0.1) is 0 Å². The highest BCUT2D eigenvalue weighted by Crippen LogP contribution is 2.46. The average Bonchev–Trinajstić information content (AvgIpc) is 3.21. The van der Waals surface area contributed by atoms with Crippen molar-refractivity contribution in [2.45, 2.75) is 96.9 Å². The Hall–Kier alpha value is -3.71. The maximum atomic E-state index is 16.3. The number of aliphatic hydroxyl groups is 1. The number of rotatable bonds is 6. The fraction of sp³-hybridized carbons (Fsp3) is 0.515. The van der Waals surface area contributed by atoms with Gasteiger partial charge in [-0.3, -0.25) is 4.90 Å². The number of nitrogens with zero attached hydrogens (tertiary/aromatic N) is 2. The molecular weight excluding hydrogens is 615 g/mol. The summed E-state index contributed by atoms with van der Waals surface area (Å²) in [5, 5.41) is 10.1. The second-order valence-corrected chi connectivity index (χ2v) is 13.4. The number of ether oxygens (including phenoxy) is 3. The van der Waals surface area contributed by atoms with Gasteiger partial charge < -0.3 is 19.3 Å². The van der Waals surface area contributed by atoms with Gasteiger partial charge in [0.15, 0.2) is 0 Å². The zero-order valence-corrected chi connectivity index (χ0v) is 26.8. The Morgan fingerprint density at radius 1 is 0.978 bits per heavy atom. The van der Waals surface area contributed by atoms with Gasteiger partial charge in [0.2, 0.25) is 0 Å². The quantitative estimate of drug-likeness (QED) is 0.213. The Labute approximate surface area is 264 Å². The third-order valence-corrected chi connectivity index (χ3v) is 7.38. The first-order valence-corrected chi connectivity index (χ1v) is 14.9. The summed E-state index contributed by atoms with van der Waals surface area (Å²) in [6.07, 6.45) is -8.33. The summed E-state index contributed by atoms with van der Waals surface area (Å²) in [4.78, 5) is 27.0. The second-order valence-electron chi connectivity index (χ2n) is 13.4. The van der Waals surface area contributed by atoms with Crippen molar-refractivity contribution >= 4 is 23.2 Å². The second kappa shape index (κ2) is 12.8. The molecule has 0 bridgehead atoms. The van der Waals surface area contributed by atoms with Gasteiger partial charge in [-0.1, -0.05) is 18.2 Å². The minimum atomic E-state index is -4.76. The first kappa shape index (κ1) is 35.1. The Morgan fingerprint density at radius 2 is 1.57 bits per heavy atom. The molecule has 1 aliphatic heterocycles. The van der Waals surface area contributed by atoms with E-state index < -0.39 is 78.2 Å². The fourth-order valence-corrected chi connectivity index (χ4v) is 5.77. The van der Waals surface area contributed by atoms with Gasteiger partial charge in [0.1, 0.15) is 28.9 Å². The van der Waals surface area contributed by atoms with Crippen molar-refractivity contribution in [1.29, 1.82) is 0 Å². The molecule has 0 saturated carbocycles. The van der Waals surface area contributed by atoms with E-state index in [1.165, 1.54) is 6.92 Å². The predicted molar refractivity (Wildman–Crippen MR) is 159 cm³/mol. The monoisotopic (exact) mass is 654 g/mol. The zero-order valence-electron chi connectivity index (χ0n) is 26.8. The third-order valence-electron chi connectivity index (χ3n) is 7.38. The number of benzene rings is 2.